The van der Waals surface area contributed by atoms with Crippen molar-refractivity contribution in [2.24, 2.45) is 0 Å². The molecule has 0 N–H and O–H groups in total. The zero-order valence-corrected chi connectivity index (χ0v) is 26.7. The van der Waals surface area contributed by atoms with Gasteiger partial charge in [-0.25, -0.2) is 19.9 Å². The van der Waals surface area contributed by atoms with Gasteiger partial charge >= 0.3 is 0 Å². The lowest BCUT2D eigenvalue weighted by Gasteiger charge is -2.25. The Labute approximate surface area is 287 Å². The van der Waals surface area contributed by atoms with E-state index in [1.165, 1.54) is 32.7 Å². The number of anilines is 3. The number of fused-ring (bicyclic) bond motifs is 6. The highest BCUT2D eigenvalue weighted by Gasteiger charge is 2.19. The van der Waals surface area contributed by atoms with E-state index in [4.69, 9.17) is 14.4 Å². The molecule has 0 spiro atoms. The summed E-state index contributed by atoms with van der Waals surface area (Å²) in [5, 5.41) is 4.91. The first kappa shape index (κ1) is 28.1. The molecule has 0 amide bonds. The largest absolute Gasteiger partial charge is 0.434 e. The molecular formula is C44H27N5O. The predicted octanol–water partition coefficient (Wildman–Crippen LogP) is 11.4. The molecule has 50 heavy (non-hydrogen) atoms. The lowest BCUT2D eigenvalue weighted by molar-refractivity contribution is 0.654. The molecule has 10 rings (SSSR count). The molecule has 0 fully saturated rings. The number of benzene rings is 6. The highest BCUT2D eigenvalue weighted by atomic mass is 16.3. The van der Waals surface area contributed by atoms with Gasteiger partial charge in [-0.2, -0.15) is 0 Å². The summed E-state index contributed by atoms with van der Waals surface area (Å²) in [5.41, 5.74) is 11.0. The molecule has 0 aliphatic rings. The van der Waals surface area contributed by atoms with Gasteiger partial charge in [0.05, 0.1) is 11.9 Å². The Bertz CT molecular complexity index is 2760. The fraction of sp³-hybridized carbons (Fsp3) is 0. The number of rotatable bonds is 5. The van der Waals surface area contributed by atoms with Gasteiger partial charge in [-0.05, 0) is 92.3 Å². The van der Waals surface area contributed by atoms with E-state index in [1.807, 2.05) is 24.4 Å². The third-order valence-electron chi connectivity index (χ3n) is 9.35. The molecule has 0 saturated heterocycles. The first-order valence-electron chi connectivity index (χ1n) is 16.5. The first-order chi connectivity index (χ1) is 24.7. The molecule has 6 heteroatoms. The van der Waals surface area contributed by atoms with Gasteiger partial charge in [-0.3, -0.25) is 0 Å². The molecule has 4 heterocycles. The van der Waals surface area contributed by atoms with Crippen molar-refractivity contribution >= 4 is 72.1 Å². The van der Waals surface area contributed by atoms with Crippen molar-refractivity contribution in [1.82, 2.24) is 19.9 Å². The van der Waals surface area contributed by atoms with Crippen molar-refractivity contribution in [2.45, 2.75) is 0 Å². The van der Waals surface area contributed by atoms with Crippen LogP contribution < -0.4 is 4.90 Å². The Morgan fingerprint density at radius 2 is 1.02 bits per heavy atom. The Morgan fingerprint density at radius 3 is 1.64 bits per heavy atom. The highest BCUT2D eigenvalue weighted by Crippen LogP contribution is 2.39. The second-order valence-corrected chi connectivity index (χ2v) is 12.4. The molecule has 0 radical (unpaired) electrons. The van der Waals surface area contributed by atoms with Crippen molar-refractivity contribution in [3.63, 3.8) is 0 Å². The Hall–Kier alpha value is -6.92. The highest BCUT2D eigenvalue weighted by molar-refractivity contribution is 6.02. The van der Waals surface area contributed by atoms with E-state index in [1.54, 1.807) is 6.20 Å². The van der Waals surface area contributed by atoms with Crippen LogP contribution in [0.5, 0.6) is 0 Å². The van der Waals surface area contributed by atoms with Crippen LogP contribution in [0, 0.1) is 0 Å². The molecule has 234 valence electrons. The van der Waals surface area contributed by atoms with Crippen molar-refractivity contribution in [3.05, 3.63) is 164 Å². The molecular weight excluding hydrogens is 615 g/mol. The molecule has 0 unspecified atom stereocenters. The van der Waals surface area contributed by atoms with E-state index in [0.29, 0.717) is 33.5 Å². The monoisotopic (exact) mass is 641 g/mol. The fourth-order valence-electron chi connectivity index (χ4n) is 6.81. The Morgan fingerprint density at radius 1 is 0.440 bits per heavy atom. The number of nitrogens with zero attached hydrogens (tertiary/aromatic N) is 5. The Kier molecular flexibility index (Phi) is 6.39. The summed E-state index contributed by atoms with van der Waals surface area (Å²) >= 11 is 0. The zero-order chi connectivity index (χ0) is 33.0. The van der Waals surface area contributed by atoms with Crippen LogP contribution in [0.15, 0.2) is 168 Å². The standard InChI is InChI=1S/C44H27N5O/c1-3-8-32-24-34(13-11-28(32)6-1)30-15-19-36(20-16-30)49(37-21-17-31(18-22-37)35-14-12-29-7-2-4-9-33(29)25-35)38-26-40-41(46-27-38)42-44(50-40)47-39-10-5-23-45-43(39)48-42/h1-27H. The molecule has 4 aromatic heterocycles. The van der Waals surface area contributed by atoms with Crippen LogP contribution in [0.2, 0.25) is 0 Å². The van der Waals surface area contributed by atoms with Crippen molar-refractivity contribution in [3.8, 4) is 22.3 Å². The molecule has 0 saturated carbocycles. The van der Waals surface area contributed by atoms with Crippen LogP contribution in [0.25, 0.3) is 77.3 Å². The van der Waals surface area contributed by atoms with E-state index in [2.05, 4.69) is 148 Å². The fourth-order valence-corrected chi connectivity index (χ4v) is 6.81. The Balaban J connectivity index is 1.08. The zero-order valence-electron chi connectivity index (χ0n) is 26.7. The van der Waals surface area contributed by atoms with Gasteiger partial charge in [0.15, 0.2) is 16.7 Å². The number of furan rings is 1. The summed E-state index contributed by atoms with van der Waals surface area (Å²) in [7, 11) is 0. The summed E-state index contributed by atoms with van der Waals surface area (Å²) < 4.78 is 6.26. The second kappa shape index (κ2) is 11.4. The van der Waals surface area contributed by atoms with Crippen LogP contribution in [-0.2, 0) is 0 Å². The molecule has 0 atom stereocenters. The van der Waals surface area contributed by atoms with E-state index >= 15 is 0 Å². The normalized spacial score (nSPS) is 11.6. The average molecular weight is 642 g/mol. The maximum absolute atomic E-state index is 6.26. The minimum absolute atomic E-state index is 0.441. The van der Waals surface area contributed by atoms with Crippen molar-refractivity contribution in [2.75, 3.05) is 4.90 Å². The second-order valence-electron chi connectivity index (χ2n) is 12.4. The van der Waals surface area contributed by atoms with Gasteiger partial charge in [0.1, 0.15) is 11.0 Å². The molecule has 6 aromatic carbocycles. The average Bonchev–Trinajstić information content (AvgIpc) is 3.53. The van der Waals surface area contributed by atoms with Crippen LogP contribution in [0.1, 0.15) is 0 Å². The van der Waals surface area contributed by atoms with Crippen molar-refractivity contribution in [1.29, 1.82) is 0 Å². The maximum atomic E-state index is 6.26. The number of hydrogen-bond acceptors (Lipinski definition) is 6. The number of hydrogen-bond donors (Lipinski definition) is 0. The van der Waals surface area contributed by atoms with Gasteiger partial charge < -0.3 is 9.32 Å². The van der Waals surface area contributed by atoms with E-state index in [-0.39, 0.29) is 0 Å². The van der Waals surface area contributed by atoms with Gasteiger partial charge in [-0.1, -0.05) is 97.1 Å². The van der Waals surface area contributed by atoms with Crippen LogP contribution >= 0.6 is 0 Å². The third-order valence-corrected chi connectivity index (χ3v) is 9.35. The summed E-state index contributed by atoms with van der Waals surface area (Å²) in [6.45, 7) is 0. The lowest BCUT2D eigenvalue weighted by atomic mass is 10.00. The third kappa shape index (κ3) is 4.81. The summed E-state index contributed by atoms with van der Waals surface area (Å²) in [4.78, 5) is 20.9. The minimum Gasteiger partial charge on any atom is -0.434 e. The van der Waals surface area contributed by atoms with Gasteiger partial charge in [-0.15, -0.1) is 0 Å². The summed E-state index contributed by atoms with van der Waals surface area (Å²) in [6, 6.07) is 53.2. The van der Waals surface area contributed by atoms with Crippen LogP contribution in [0.4, 0.5) is 17.1 Å². The smallest absolute Gasteiger partial charge is 0.248 e. The quantitative estimate of drug-likeness (QED) is 0.186. The minimum atomic E-state index is 0.441. The van der Waals surface area contributed by atoms with E-state index in [0.717, 1.165) is 28.2 Å². The van der Waals surface area contributed by atoms with E-state index in [9.17, 15) is 0 Å². The van der Waals surface area contributed by atoms with E-state index < -0.39 is 0 Å². The number of aromatic nitrogens is 4. The van der Waals surface area contributed by atoms with Gasteiger partial charge in [0, 0.05) is 23.6 Å². The first-order valence-corrected chi connectivity index (χ1v) is 16.5. The van der Waals surface area contributed by atoms with Crippen LogP contribution in [0.3, 0.4) is 0 Å². The summed E-state index contributed by atoms with van der Waals surface area (Å²) in [5.74, 6) is 0. The lowest BCUT2D eigenvalue weighted by Crippen LogP contribution is -2.10. The molecule has 0 aliphatic carbocycles. The van der Waals surface area contributed by atoms with Crippen LogP contribution in [-0.4, -0.2) is 19.9 Å². The van der Waals surface area contributed by atoms with Gasteiger partial charge in [0.25, 0.3) is 0 Å². The maximum Gasteiger partial charge on any atom is 0.248 e. The molecule has 0 aliphatic heterocycles. The van der Waals surface area contributed by atoms with Gasteiger partial charge in [0.2, 0.25) is 5.71 Å². The molecule has 0 bridgehead atoms. The molecule has 10 aromatic rings. The summed E-state index contributed by atoms with van der Waals surface area (Å²) in [6.07, 6.45) is 3.58. The topological polar surface area (TPSA) is 67.9 Å². The van der Waals surface area contributed by atoms with Crippen molar-refractivity contribution < 1.29 is 4.42 Å². The number of pyridine rings is 2. The predicted molar refractivity (Wildman–Crippen MR) is 203 cm³/mol. The molecule has 6 nitrogen and oxygen atoms in total. The SMILES string of the molecule is c1ccc2cc(-c3ccc(N(c4ccc(-c5ccc6ccccc6c5)cc4)c4cnc5c(c4)oc4nc6cccnc6nc45)cc3)ccc2c1.